The fraction of sp³-hybridized carbons (Fsp3) is 0.118. The molecule has 0 spiro atoms. The number of urea groups is 1. The third kappa shape index (κ3) is 3.19. The monoisotopic (exact) mass is 466 g/mol. The van der Waals surface area contributed by atoms with Crippen molar-refractivity contribution in [3.05, 3.63) is 55.9 Å². The van der Waals surface area contributed by atoms with Crippen LogP contribution in [0.15, 0.2) is 43.4 Å². The highest BCUT2D eigenvalue weighted by atomic mass is 79.9. The number of carbonyl (C=O) groups excluding carboxylic acids is 3. The van der Waals surface area contributed by atoms with E-state index in [1.54, 1.807) is 18.2 Å². The fourth-order valence-electron chi connectivity index (χ4n) is 2.43. The van der Waals surface area contributed by atoms with Crippen molar-refractivity contribution in [1.29, 1.82) is 0 Å². The van der Waals surface area contributed by atoms with E-state index in [2.05, 4.69) is 37.2 Å². The minimum Gasteiger partial charge on any atom is -0.449 e. The van der Waals surface area contributed by atoms with Gasteiger partial charge in [0.2, 0.25) is 0 Å². The number of hydrogen-bond acceptors (Lipinski definition) is 4. The zero-order chi connectivity index (χ0) is 18.3. The minimum absolute atomic E-state index is 0.186. The number of benzene rings is 1. The fourth-order valence-corrected chi connectivity index (χ4v) is 3.04. The van der Waals surface area contributed by atoms with Gasteiger partial charge in [-0.3, -0.25) is 14.9 Å². The summed E-state index contributed by atoms with van der Waals surface area (Å²) in [6, 6.07) is 6.12. The first-order chi connectivity index (χ1) is 11.8. The summed E-state index contributed by atoms with van der Waals surface area (Å²) in [6.07, 6.45) is 1.30. The Balaban J connectivity index is 2.07. The molecule has 0 aliphatic carbocycles. The van der Waals surface area contributed by atoms with Crippen molar-refractivity contribution in [3.63, 3.8) is 0 Å². The number of halogens is 2. The smallest absolute Gasteiger partial charge is 0.335 e. The van der Waals surface area contributed by atoms with Crippen molar-refractivity contribution in [1.82, 2.24) is 5.32 Å². The third-order valence-electron chi connectivity index (χ3n) is 3.87. The maximum Gasteiger partial charge on any atom is 0.335 e. The Hall–Kier alpha value is -2.19. The summed E-state index contributed by atoms with van der Waals surface area (Å²) in [5.41, 5.74) is 1.96. The highest BCUT2D eigenvalue weighted by Gasteiger charge is 2.37. The lowest BCUT2D eigenvalue weighted by atomic mass is 10.0. The molecule has 1 N–H and O–H groups in total. The van der Waals surface area contributed by atoms with Crippen LogP contribution in [0.25, 0.3) is 6.08 Å². The molecule has 1 fully saturated rings. The molecule has 1 aromatic carbocycles. The van der Waals surface area contributed by atoms with Crippen molar-refractivity contribution in [3.8, 4) is 0 Å². The molecule has 2 heterocycles. The van der Waals surface area contributed by atoms with Crippen molar-refractivity contribution >= 4 is 61.5 Å². The van der Waals surface area contributed by atoms with Crippen LogP contribution in [-0.4, -0.2) is 17.8 Å². The van der Waals surface area contributed by atoms with Crippen LogP contribution in [0.2, 0.25) is 0 Å². The summed E-state index contributed by atoms with van der Waals surface area (Å²) in [5.74, 6) is -1.17. The number of furan rings is 1. The molecule has 4 amide bonds. The van der Waals surface area contributed by atoms with Gasteiger partial charge in [0.25, 0.3) is 11.8 Å². The lowest BCUT2D eigenvalue weighted by Crippen LogP contribution is -2.54. The number of imide groups is 2. The number of hydrogen-bond donors (Lipinski definition) is 1. The molecule has 1 aliphatic rings. The summed E-state index contributed by atoms with van der Waals surface area (Å²) < 4.78 is 6.46. The first-order valence-electron chi connectivity index (χ1n) is 7.22. The van der Waals surface area contributed by atoms with E-state index < -0.39 is 17.8 Å². The van der Waals surface area contributed by atoms with Gasteiger partial charge in [-0.25, -0.2) is 9.69 Å². The van der Waals surface area contributed by atoms with E-state index in [1.807, 2.05) is 19.9 Å². The Morgan fingerprint density at radius 2 is 1.88 bits per heavy atom. The van der Waals surface area contributed by atoms with Gasteiger partial charge in [0.15, 0.2) is 4.67 Å². The average Bonchev–Trinajstić information content (AvgIpc) is 2.86. The second-order valence-electron chi connectivity index (χ2n) is 5.45. The van der Waals surface area contributed by atoms with Crippen molar-refractivity contribution < 1.29 is 18.8 Å². The number of rotatable bonds is 2. The Morgan fingerprint density at radius 3 is 2.52 bits per heavy atom. The van der Waals surface area contributed by atoms with Crippen molar-refractivity contribution in [2.45, 2.75) is 13.8 Å². The van der Waals surface area contributed by atoms with Crippen LogP contribution in [0, 0.1) is 13.8 Å². The zero-order valence-corrected chi connectivity index (χ0v) is 16.4. The summed E-state index contributed by atoms with van der Waals surface area (Å²) in [5, 5.41) is 2.19. The van der Waals surface area contributed by atoms with E-state index in [1.165, 1.54) is 6.08 Å². The van der Waals surface area contributed by atoms with E-state index in [-0.39, 0.29) is 5.57 Å². The van der Waals surface area contributed by atoms with Gasteiger partial charge in [-0.15, -0.1) is 0 Å². The predicted octanol–water partition coefficient (Wildman–Crippen LogP) is 4.09. The lowest BCUT2D eigenvalue weighted by molar-refractivity contribution is -0.122. The standard InChI is InChI=1S/C17H12Br2N2O4/c1-8-4-3-5-13(9(8)2)21-16(23)11(15(22)20-17(21)24)6-10-7-12(18)14(19)25-10/h3-7H,1-2H3,(H,20,22,24)/b11-6-. The van der Waals surface area contributed by atoms with Gasteiger partial charge in [0, 0.05) is 0 Å². The van der Waals surface area contributed by atoms with E-state index in [4.69, 9.17) is 4.42 Å². The molecule has 25 heavy (non-hydrogen) atoms. The summed E-state index contributed by atoms with van der Waals surface area (Å²) >= 11 is 6.46. The summed E-state index contributed by atoms with van der Waals surface area (Å²) in [7, 11) is 0. The van der Waals surface area contributed by atoms with Gasteiger partial charge in [-0.05, 0) is 75.0 Å². The topological polar surface area (TPSA) is 79.6 Å². The van der Waals surface area contributed by atoms with E-state index >= 15 is 0 Å². The van der Waals surface area contributed by atoms with Gasteiger partial charge in [-0.2, -0.15) is 0 Å². The number of anilines is 1. The number of barbiturate groups is 1. The molecule has 128 valence electrons. The molecule has 2 aromatic rings. The number of nitrogens with zero attached hydrogens (tertiary/aromatic N) is 1. The number of nitrogens with one attached hydrogen (secondary N) is 1. The Kier molecular flexibility index (Phi) is 4.66. The number of carbonyl (C=O) groups is 3. The predicted molar refractivity (Wildman–Crippen MR) is 99.0 cm³/mol. The molecule has 0 unspecified atom stereocenters. The SMILES string of the molecule is Cc1cccc(N2C(=O)NC(=O)/C(=C/c3cc(Br)c(Br)o3)C2=O)c1C. The Labute approximate surface area is 160 Å². The molecule has 0 atom stereocenters. The van der Waals surface area contributed by atoms with Gasteiger partial charge >= 0.3 is 6.03 Å². The molecule has 1 saturated heterocycles. The second-order valence-corrected chi connectivity index (χ2v) is 7.02. The maximum absolute atomic E-state index is 12.8. The van der Waals surface area contributed by atoms with Crippen molar-refractivity contribution in [2.75, 3.05) is 4.90 Å². The van der Waals surface area contributed by atoms with Gasteiger partial charge in [0.1, 0.15) is 11.3 Å². The highest BCUT2D eigenvalue weighted by molar-refractivity contribution is 9.13. The van der Waals surface area contributed by atoms with Gasteiger partial charge in [0.05, 0.1) is 10.2 Å². The Bertz CT molecular complexity index is 927. The van der Waals surface area contributed by atoms with Crippen LogP contribution in [0.1, 0.15) is 16.9 Å². The molecule has 3 rings (SSSR count). The van der Waals surface area contributed by atoms with Crippen LogP contribution in [-0.2, 0) is 9.59 Å². The van der Waals surface area contributed by atoms with Crippen LogP contribution >= 0.6 is 31.9 Å². The number of aryl methyl sites for hydroxylation is 1. The molecular formula is C17H12Br2N2O4. The molecule has 1 aliphatic heterocycles. The normalized spacial score (nSPS) is 16.6. The molecule has 0 bridgehead atoms. The molecule has 0 saturated carbocycles. The largest absolute Gasteiger partial charge is 0.449 e. The first-order valence-corrected chi connectivity index (χ1v) is 8.80. The summed E-state index contributed by atoms with van der Waals surface area (Å²) in [4.78, 5) is 38.1. The van der Waals surface area contributed by atoms with Crippen LogP contribution in [0.3, 0.4) is 0 Å². The molecule has 0 radical (unpaired) electrons. The van der Waals surface area contributed by atoms with Crippen LogP contribution in [0.4, 0.5) is 10.5 Å². The van der Waals surface area contributed by atoms with Crippen molar-refractivity contribution in [2.24, 2.45) is 0 Å². The highest BCUT2D eigenvalue weighted by Crippen LogP contribution is 2.30. The van der Waals surface area contributed by atoms with E-state index in [0.29, 0.717) is 20.6 Å². The second kappa shape index (κ2) is 6.61. The third-order valence-corrected chi connectivity index (χ3v) is 5.58. The Morgan fingerprint density at radius 1 is 1.16 bits per heavy atom. The lowest BCUT2D eigenvalue weighted by Gasteiger charge is -2.27. The molecule has 6 nitrogen and oxygen atoms in total. The quantitative estimate of drug-likeness (QED) is 0.532. The average molecular weight is 468 g/mol. The molecule has 8 heteroatoms. The maximum atomic E-state index is 12.8. The van der Waals surface area contributed by atoms with Crippen LogP contribution in [0.5, 0.6) is 0 Å². The zero-order valence-electron chi connectivity index (χ0n) is 13.2. The van der Waals surface area contributed by atoms with Gasteiger partial charge in [-0.1, -0.05) is 12.1 Å². The van der Waals surface area contributed by atoms with Crippen LogP contribution < -0.4 is 10.2 Å². The number of amides is 4. The van der Waals surface area contributed by atoms with E-state index in [9.17, 15) is 14.4 Å². The molecule has 1 aromatic heterocycles. The van der Waals surface area contributed by atoms with Gasteiger partial charge < -0.3 is 4.42 Å². The minimum atomic E-state index is -0.775. The summed E-state index contributed by atoms with van der Waals surface area (Å²) in [6.45, 7) is 3.69. The molecular weight excluding hydrogens is 456 g/mol. The first kappa shape index (κ1) is 17.6. The van der Waals surface area contributed by atoms with E-state index in [0.717, 1.165) is 16.0 Å².